The van der Waals surface area contributed by atoms with Crippen LogP contribution in [0, 0.1) is 5.92 Å². The summed E-state index contributed by atoms with van der Waals surface area (Å²) >= 11 is 0. The number of carbonyl (C=O) groups excluding carboxylic acids is 1. The summed E-state index contributed by atoms with van der Waals surface area (Å²) in [5.74, 6) is 0.964. The number of hydrogen-bond acceptors (Lipinski definition) is 1. The molecule has 24 heavy (non-hydrogen) atoms. The van der Waals surface area contributed by atoms with Crippen LogP contribution in [0.25, 0.3) is 0 Å². The lowest BCUT2D eigenvalue weighted by Gasteiger charge is -2.15. The maximum Gasteiger partial charge on any atom is 0.231 e. The van der Waals surface area contributed by atoms with Crippen molar-refractivity contribution in [2.24, 2.45) is 5.92 Å². The highest BCUT2D eigenvalue weighted by molar-refractivity contribution is 5.95. The number of hydrogen-bond donors (Lipinski definition) is 1. The first-order chi connectivity index (χ1) is 11.4. The van der Waals surface area contributed by atoms with E-state index in [1.54, 1.807) is 0 Å². The van der Waals surface area contributed by atoms with Crippen molar-refractivity contribution in [2.75, 3.05) is 5.32 Å². The molecular weight excluding hydrogens is 294 g/mol. The van der Waals surface area contributed by atoms with Crippen LogP contribution in [0.5, 0.6) is 0 Å². The Balaban J connectivity index is 2.05. The van der Waals surface area contributed by atoms with E-state index in [9.17, 15) is 4.79 Å². The highest BCUT2D eigenvalue weighted by Crippen LogP contribution is 2.22. The first-order valence-corrected chi connectivity index (χ1v) is 8.86. The lowest BCUT2D eigenvalue weighted by molar-refractivity contribution is -0.117. The second-order valence-corrected chi connectivity index (χ2v) is 7.33. The topological polar surface area (TPSA) is 29.1 Å². The fourth-order valence-corrected chi connectivity index (χ4v) is 2.79. The van der Waals surface area contributed by atoms with Gasteiger partial charge in [0.05, 0.1) is 5.92 Å². The quantitative estimate of drug-likeness (QED) is 0.720. The van der Waals surface area contributed by atoms with E-state index in [4.69, 9.17) is 0 Å². The van der Waals surface area contributed by atoms with Crippen LogP contribution >= 0.6 is 0 Å². The molecule has 1 unspecified atom stereocenters. The maximum absolute atomic E-state index is 12.5. The highest BCUT2D eigenvalue weighted by Gasteiger charge is 2.15. The lowest BCUT2D eigenvalue weighted by atomic mass is 9.96. The minimum Gasteiger partial charge on any atom is -0.326 e. The van der Waals surface area contributed by atoms with E-state index in [0.717, 1.165) is 17.7 Å². The number of amides is 1. The van der Waals surface area contributed by atoms with E-state index in [1.165, 1.54) is 11.1 Å². The standard InChI is InChI=1S/C22H29NO/c1-15(2)13-18-9-11-19(12-10-18)17(5)22(24)23-21-8-6-7-20(14-21)16(3)4/h6-12,14-17H,13H2,1-5H3,(H,23,24). The fraction of sp³-hybridized carbons (Fsp3) is 0.409. The molecule has 0 fully saturated rings. The molecule has 0 radical (unpaired) electrons. The molecule has 2 nitrogen and oxygen atoms in total. The van der Waals surface area contributed by atoms with Crippen molar-refractivity contribution in [1.29, 1.82) is 0 Å². The zero-order valence-electron chi connectivity index (χ0n) is 15.5. The zero-order valence-corrected chi connectivity index (χ0v) is 15.5. The van der Waals surface area contributed by atoms with Gasteiger partial charge >= 0.3 is 0 Å². The molecule has 0 aliphatic heterocycles. The molecular formula is C22H29NO. The Kier molecular flexibility index (Phi) is 6.19. The van der Waals surface area contributed by atoms with Crippen LogP contribution in [-0.2, 0) is 11.2 Å². The van der Waals surface area contributed by atoms with Gasteiger partial charge in [-0.25, -0.2) is 0 Å². The number of rotatable bonds is 6. The first kappa shape index (κ1) is 18.3. The van der Waals surface area contributed by atoms with Crippen molar-refractivity contribution in [3.8, 4) is 0 Å². The molecule has 0 aromatic heterocycles. The van der Waals surface area contributed by atoms with E-state index < -0.39 is 0 Å². The van der Waals surface area contributed by atoms with Gasteiger partial charge in [-0.2, -0.15) is 0 Å². The molecule has 0 bridgehead atoms. The molecule has 1 N–H and O–H groups in total. The molecule has 128 valence electrons. The van der Waals surface area contributed by atoms with E-state index in [0.29, 0.717) is 11.8 Å². The Hall–Kier alpha value is -2.09. The highest BCUT2D eigenvalue weighted by atomic mass is 16.1. The van der Waals surface area contributed by atoms with Crippen LogP contribution in [0.3, 0.4) is 0 Å². The van der Waals surface area contributed by atoms with E-state index >= 15 is 0 Å². The monoisotopic (exact) mass is 323 g/mol. The third-order valence-corrected chi connectivity index (χ3v) is 4.34. The molecule has 2 heteroatoms. The zero-order chi connectivity index (χ0) is 17.7. The van der Waals surface area contributed by atoms with Gasteiger partial charge in [0.15, 0.2) is 0 Å². The van der Waals surface area contributed by atoms with Crippen molar-refractivity contribution >= 4 is 11.6 Å². The second kappa shape index (κ2) is 8.14. The summed E-state index contributed by atoms with van der Waals surface area (Å²) < 4.78 is 0. The van der Waals surface area contributed by atoms with Crippen LogP contribution in [0.15, 0.2) is 48.5 Å². The van der Waals surface area contributed by atoms with Crippen LogP contribution in [0.1, 0.15) is 63.1 Å². The summed E-state index contributed by atoms with van der Waals surface area (Å²) in [6.07, 6.45) is 1.07. The Bertz CT molecular complexity index is 671. The van der Waals surface area contributed by atoms with Gasteiger partial charge in [-0.05, 0) is 54.0 Å². The van der Waals surface area contributed by atoms with E-state index in [-0.39, 0.29) is 11.8 Å². The van der Waals surface area contributed by atoms with Gasteiger partial charge in [0.25, 0.3) is 0 Å². The second-order valence-electron chi connectivity index (χ2n) is 7.33. The third kappa shape index (κ3) is 4.95. The molecule has 0 saturated carbocycles. The number of benzene rings is 2. The van der Waals surface area contributed by atoms with Crippen molar-refractivity contribution in [2.45, 2.75) is 52.9 Å². The van der Waals surface area contributed by atoms with Crippen molar-refractivity contribution < 1.29 is 4.79 Å². The molecule has 2 rings (SSSR count). The minimum atomic E-state index is -0.166. The Morgan fingerprint density at radius 3 is 2.17 bits per heavy atom. The first-order valence-electron chi connectivity index (χ1n) is 8.86. The summed E-state index contributed by atoms with van der Waals surface area (Å²) in [6, 6.07) is 16.5. The summed E-state index contributed by atoms with van der Waals surface area (Å²) in [5, 5.41) is 3.04. The van der Waals surface area contributed by atoms with Gasteiger partial charge in [0.2, 0.25) is 5.91 Å². The Labute approximate surface area is 146 Å². The van der Waals surface area contributed by atoms with Gasteiger partial charge in [-0.15, -0.1) is 0 Å². The molecule has 0 aliphatic rings. The molecule has 0 heterocycles. The molecule has 0 aliphatic carbocycles. The van der Waals surface area contributed by atoms with Gasteiger partial charge in [-0.3, -0.25) is 4.79 Å². The molecule has 0 spiro atoms. The smallest absolute Gasteiger partial charge is 0.231 e. The minimum absolute atomic E-state index is 0.0347. The Morgan fingerprint density at radius 1 is 0.917 bits per heavy atom. The van der Waals surface area contributed by atoms with Gasteiger partial charge < -0.3 is 5.32 Å². The Morgan fingerprint density at radius 2 is 1.58 bits per heavy atom. The van der Waals surface area contributed by atoms with Crippen LogP contribution < -0.4 is 5.32 Å². The number of anilines is 1. The van der Waals surface area contributed by atoms with Crippen LogP contribution in [0.2, 0.25) is 0 Å². The molecule has 1 atom stereocenters. The van der Waals surface area contributed by atoms with Crippen molar-refractivity contribution in [3.05, 3.63) is 65.2 Å². The van der Waals surface area contributed by atoms with Crippen LogP contribution in [-0.4, -0.2) is 5.91 Å². The SMILES string of the molecule is CC(C)Cc1ccc(C(C)C(=O)Nc2cccc(C(C)C)c2)cc1. The molecule has 2 aromatic carbocycles. The predicted octanol–water partition coefficient (Wildman–Crippen LogP) is 5.75. The summed E-state index contributed by atoms with van der Waals surface area (Å²) in [6.45, 7) is 10.7. The fourth-order valence-electron chi connectivity index (χ4n) is 2.79. The number of nitrogens with one attached hydrogen (secondary N) is 1. The number of carbonyl (C=O) groups is 1. The average Bonchev–Trinajstić information content (AvgIpc) is 2.54. The average molecular weight is 323 g/mol. The van der Waals surface area contributed by atoms with Crippen molar-refractivity contribution in [3.63, 3.8) is 0 Å². The summed E-state index contributed by atoms with van der Waals surface area (Å²) in [7, 11) is 0. The molecule has 1 amide bonds. The van der Waals surface area contributed by atoms with E-state index in [1.807, 2.05) is 19.1 Å². The maximum atomic E-state index is 12.5. The molecule has 2 aromatic rings. The predicted molar refractivity (Wildman–Crippen MR) is 103 cm³/mol. The largest absolute Gasteiger partial charge is 0.326 e. The normalized spacial score (nSPS) is 12.5. The van der Waals surface area contributed by atoms with Crippen molar-refractivity contribution in [1.82, 2.24) is 0 Å². The lowest BCUT2D eigenvalue weighted by Crippen LogP contribution is -2.19. The summed E-state index contributed by atoms with van der Waals surface area (Å²) in [4.78, 5) is 12.5. The molecule has 0 saturated heterocycles. The van der Waals surface area contributed by atoms with Gasteiger partial charge in [0.1, 0.15) is 0 Å². The third-order valence-electron chi connectivity index (χ3n) is 4.34. The van der Waals surface area contributed by atoms with Gasteiger partial charge in [-0.1, -0.05) is 64.1 Å². The van der Waals surface area contributed by atoms with E-state index in [2.05, 4.69) is 69.4 Å². The van der Waals surface area contributed by atoms with Gasteiger partial charge in [0, 0.05) is 5.69 Å². The summed E-state index contributed by atoms with van der Waals surface area (Å²) in [5.41, 5.74) is 4.49. The van der Waals surface area contributed by atoms with Crippen LogP contribution in [0.4, 0.5) is 5.69 Å².